The van der Waals surface area contributed by atoms with Gasteiger partial charge in [0.2, 0.25) is 0 Å². The highest BCUT2D eigenvalue weighted by molar-refractivity contribution is 6.39. The lowest BCUT2D eigenvalue weighted by molar-refractivity contribution is -0.385. The monoisotopic (exact) mass is 356 g/mol. The Morgan fingerprint density at radius 2 is 1.96 bits per heavy atom. The van der Waals surface area contributed by atoms with Crippen LogP contribution >= 0.6 is 0 Å². The van der Waals surface area contributed by atoms with Gasteiger partial charge in [-0.15, -0.1) is 0 Å². The molecule has 0 bridgehead atoms. The van der Waals surface area contributed by atoms with Gasteiger partial charge in [0.15, 0.2) is 5.75 Å². The summed E-state index contributed by atoms with van der Waals surface area (Å²) in [7, 11) is 0. The third kappa shape index (κ3) is 4.63. The molecule has 0 spiro atoms. The molecule has 9 heteroatoms. The Bertz CT molecular complexity index is 879. The number of phenolic OH excluding ortho intramolecular Hbond substituents is 1. The van der Waals surface area contributed by atoms with Crippen molar-refractivity contribution in [3.63, 3.8) is 0 Å². The van der Waals surface area contributed by atoms with E-state index in [1.54, 1.807) is 12.1 Å². The van der Waals surface area contributed by atoms with E-state index in [-0.39, 0.29) is 5.56 Å². The Hall–Kier alpha value is -3.75. The molecule has 0 heterocycles. The maximum atomic E-state index is 11.9. The van der Waals surface area contributed by atoms with Crippen molar-refractivity contribution < 1.29 is 19.6 Å². The molecule has 2 rings (SSSR count). The fourth-order valence-electron chi connectivity index (χ4n) is 2.11. The van der Waals surface area contributed by atoms with Gasteiger partial charge in [-0.25, -0.2) is 5.43 Å². The summed E-state index contributed by atoms with van der Waals surface area (Å²) in [6.45, 7) is 1.92. The van der Waals surface area contributed by atoms with Gasteiger partial charge in [-0.05, 0) is 30.2 Å². The highest BCUT2D eigenvalue weighted by Gasteiger charge is 2.15. The topological polar surface area (TPSA) is 134 Å². The average molecular weight is 356 g/mol. The van der Waals surface area contributed by atoms with Gasteiger partial charge in [0.05, 0.1) is 11.1 Å². The van der Waals surface area contributed by atoms with Crippen molar-refractivity contribution in [3.8, 4) is 5.75 Å². The molecule has 134 valence electrons. The number of anilines is 1. The first kappa shape index (κ1) is 18.6. The van der Waals surface area contributed by atoms with Gasteiger partial charge in [0, 0.05) is 17.3 Å². The Morgan fingerprint density at radius 1 is 1.23 bits per heavy atom. The number of carbonyl (C=O) groups excluding carboxylic acids is 2. The van der Waals surface area contributed by atoms with Crippen LogP contribution < -0.4 is 10.7 Å². The number of benzene rings is 2. The Kier molecular flexibility index (Phi) is 5.99. The van der Waals surface area contributed by atoms with Crippen LogP contribution in [0, 0.1) is 10.1 Å². The van der Waals surface area contributed by atoms with Crippen LogP contribution in [0.2, 0.25) is 0 Å². The van der Waals surface area contributed by atoms with Gasteiger partial charge in [0.25, 0.3) is 0 Å². The zero-order valence-electron chi connectivity index (χ0n) is 13.8. The van der Waals surface area contributed by atoms with Gasteiger partial charge >= 0.3 is 17.5 Å². The average Bonchev–Trinajstić information content (AvgIpc) is 2.63. The molecular weight excluding hydrogens is 340 g/mol. The van der Waals surface area contributed by atoms with Crippen LogP contribution in [0.1, 0.15) is 18.1 Å². The number of nitro benzene ring substituents is 1. The van der Waals surface area contributed by atoms with Crippen molar-refractivity contribution in [1.29, 1.82) is 0 Å². The van der Waals surface area contributed by atoms with Crippen LogP contribution in [0.15, 0.2) is 47.6 Å². The van der Waals surface area contributed by atoms with Gasteiger partial charge in [0.1, 0.15) is 0 Å². The quantitative estimate of drug-likeness (QED) is 0.326. The smallest absolute Gasteiger partial charge is 0.329 e. The standard InChI is InChI=1S/C17H16N4O5/c1-2-12-5-3-4-6-13(12)19-16(23)17(24)20-18-10-11-7-8-15(22)14(9-11)21(25)26/h3-10,22H,2H2,1H3,(H,19,23)(H,20,24)/b18-10-. The number of rotatable bonds is 5. The Balaban J connectivity index is 1.99. The van der Waals surface area contributed by atoms with E-state index in [4.69, 9.17) is 0 Å². The Morgan fingerprint density at radius 3 is 2.65 bits per heavy atom. The molecule has 0 radical (unpaired) electrons. The molecule has 2 aromatic rings. The van der Waals surface area contributed by atoms with E-state index in [1.165, 1.54) is 6.07 Å². The highest BCUT2D eigenvalue weighted by atomic mass is 16.6. The predicted molar refractivity (Wildman–Crippen MR) is 94.9 cm³/mol. The molecule has 0 aliphatic rings. The number of para-hydroxylation sites is 1. The molecule has 2 aromatic carbocycles. The fraction of sp³-hybridized carbons (Fsp3) is 0.118. The number of hydrazone groups is 1. The molecule has 0 atom stereocenters. The molecular formula is C17H16N4O5. The number of hydrogen-bond acceptors (Lipinski definition) is 6. The number of nitrogens with zero attached hydrogens (tertiary/aromatic N) is 2. The van der Waals surface area contributed by atoms with Gasteiger partial charge in [-0.3, -0.25) is 19.7 Å². The van der Waals surface area contributed by atoms with Gasteiger partial charge in [-0.2, -0.15) is 5.10 Å². The van der Waals surface area contributed by atoms with E-state index < -0.39 is 28.2 Å². The molecule has 0 saturated heterocycles. The first-order valence-corrected chi connectivity index (χ1v) is 7.62. The van der Waals surface area contributed by atoms with Crippen LogP contribution in [0.5, 0.6) is 5.75 Å². The first-order valence-electron chi connectivity index (χ1n) is 7.62. The first-order chi connectivity index (χ1) is 12.4. The van der Waals surface area contributed by atoms with Crippen molar-refractivity contribution in [2.45, 2.75) is 13.3 Å². The van der Waals surface area contributed by atoms with Gasteiger partial charge in [-0.1, -0.05) is 25.1 Å². The minimum Gasteiger partial charge on any atom is -0.502 e. The highest BCUT2D eigenvalue weighted by Crippen LogP contribution is 2.25. The van der Waals surface area contributed by atoms with Crippen molar-refractivity contribution >= 4 is 29.4 Å². The summed E-state index contributed by atoms with van der Waals surface area (Å²) >= 11 is 0. The fourth-order valence-corrected chi connectivity index (χ4v) is 2.11. The summed E-state index contributed by atoms with van der Waals surface area (Å²) in [4.78, 5) is 33.7. The molecule has 0 aliphatic carbocycles. The second-order valence-corrected chi connectivity index (χ2v) is 5.17. The second kappa shape index (κ2) is 8.38. The SMILES string of the molecule is CCc1ccccc1NC(=O)C(=O)N/N=C\c1ccc(O)c([N+](=O)[O-])c1. The third-order valence-corrected chi connectivity index (χ3v) is 3.43. The number of aryl methyl sites for hydroxylation is 1. The number of phenols is 1. The van der Waals surface area contributed by atoms with Crippen LogP contribution in [-0.4, -0.2) is 28.1 Å². The third-order valence-electron chi connectivity index (χ3n) is 3.43. The van der Waals surface area contributed by atoms with Gasteiger partial charge < -0.3 is 10.4 Å². The maximum Gasteiger partial charge on any atom is 0.329 e. The van der Waals surface area contributed by atoms with E-state index in [0.717, 1.165) is 23.9 Å². The predicted octanol–water partition coefficient (Wildman–Crippen LogP) is 1.95. The van der Waals surface area contributed by atoms with E-state index in [2.05, 4.69) is 10.4 Å². The molecule has 0 saturated carbocycles. The molecule has 2 amide bonds. The molecule has 0 fully saturated rings. The normalized spacial score (nSPS) is 10.5. The largest absolute Gasteiger partial charge is 0.502 e. The van der Waals surface area contributed by atoms with Crippen molar-refractivity contribution in [1.82, 2.24) is 5.43 Å². The van der Waals surface area contributed by atoms with Crippen LogP contribution in [-0.2, 0) is 16.0 Å². The summed E-state index contributed by atoms with van der Waals surface area (Å²) in [6, 6.07) is 10.7. The number of carbonyl (C=O) groups is 2. The summed E-state index contributed by atoms with van der Waals surface area (Å²) in [6.07, 6.45) is 1.81. The van der Waals surface area contributed by atoms with Crippen LogP contribution in [0.3, 0.4) is 0 Å². The minimum absolute atomic E-state index is 0.270. The molecule has 0 aromatic heterocycles. The lowest BCUT2D eigenvalue weighted by atomic mass is 10.1. The lowest BCUT2D eigenvalue weighted by Crippen LogP contribution is -2.32. The molecule has 0 unspecified atom stereocenters. The number of aromatic hydroxyl groups is 1. The minimum atomic E-state index is -0.986. The molecule has 26 heavy (non-hydrogen) atoms. The van der Waals surface area contributed by atoms with E-state index in [0.29, 0.717) is 12.1 Å². The second-order valence-electron chi connectivity index (χ2n) is 5.17. The zero-order valence-corrected chi connectivity index (χ0v) is 13.8. The summed E-state index contributed by atoms with van der Waals surface area (Å²) in [5.74, 6) is -2.36. The Labute approximate surface area is 148 Å². The van der Waals surface area contributed by atoms with E-state index in [9.17, 15) is 24.8 Å². The van der Waals surface area contributed by atoms with Crippen LogP contribution in [0.25, 0.3) is 0 Å². The van der Waals surface area contributed by atoms with Crippen molar-refractivity contribution in [3.05, 3.63) is 63.7 Å². The van der Waals surface area contributed by atoms with Crippen LogP contribution in [0.4, 0.5) is 11.4 Å². The van der Waals surface area contributed by atoms with Crippen molar-refractivity contribution in [2.75, 3.05) is 5.32 Å². The molecule has 3 N–H and O–H groups in total. The zero-order chi connectivity index (χ0) is 19.1. The molecule has 0 aliphatic heterocycles. The summed E-state index contributed by atoms with van der Waals surface area (Å²) in [5.41, 5.74) is 3.23. The number of amides is 2. The van der Waals surface area contributed by atoms with E-state index >= 15 is 0 Å². The maximum absolute atomic E-state index is 11.9. The lowest BCUT2D eigenvalue weighted by Gasteiger charge is -2.08. The number of hydrogen-bond donors (Lipinski definition) is 3. The summed E-state index contributed by atoms with van der Waals surface area (Å²) in [5, 5.41) is 26.2. The van der Waals surface area contributed by atoms with E-state index in [1.807, 2.05) is 24.5 Å². The summed E-state index contributed by atoms with van der Waals surface area (Å²) < 4.78 is 0. The number of nitro groups is 1. The molecule has 9 nitrogen and oxygen atoms in total. The van der Waals surface area contributed by atoms with Crippen molar-refractivity contribution in [2.24, 2.45) is 5.10 Å². The number of nitrogens with one attached hydrogen (secondary N) is 2.